The average molecular weight is 279 g/mol. The monoisotopic (exact) mass is 279 g/mol. The van der Waals surface area contributed by atoms with Gasteiger partial charge >= 0.3 is 5.69 Å². The van der Waals surface area contributed by atoms with Crippen LogP contribution in [0.4, 0.5) is 17.5 Å². The van der Waals surface area contributed by atoms with Crippen LogP contribution in [0.3, 0.4) is 0 Å². The van der Waals surface area contributed by atoms with Crippen LogP contribution in [0.15, 0.2) is 0 Å². The van der Waals surface area contributed by atoms with Crippen molar-refractivity contribution in [2.75, 3.05) is 24.2 Å². The molecule has 1 aromatic heterocycles. The SMILES string of the molecule is Cc1nc(N)nc(N(C)CC2CCCCC2)c1[N+](=O)[O-]. The predicted octanol–water partition coefficient (Wildman–Crippen LogP) is 2.29. The predicted molar refractivity (Wildman–Crippen MR) is 77.7 cm³/mol. The highest BCUT2D eigenvalue weighted by molar-refractivity contribution is 5.61. The number of nitrogens with two attached hydrogens (primary N) is 1. The molecule has 1 aliphatic rings. The van der Waals surface area contributed by atoms with Crippen molar-refractivity contribution in [3.8, 4) is 0 Å². The van der Waals surface area contributed by atoms with E-state index in [2.05, 4.69) is 9.97 Å². The lowest BCUT2D eigenvalue weighted by atomic mass is 9.89. The van der Waals surface area contributed by atoms with Crippen LogP contribution in [-0.2, 0) is 0 Å². The van der Waals surface area contributed by atoms with Gasteiger partial charge in [0.1, 0.15) is 5.69 Å². The third kappa shape index (κ3) is 3.15. The molecule has 1 aromatic rings. The molecule has 2 N–H and O–H groups in total. The number of aryl methyl sites for hydroxylation is 1. The van der Waals surface area contributed by atoms with Crippen LogP contribution in [0.1, 0.15) is 37.8 Å². The highest BCUT2D eigenvalue weighted by atomic mass is 16.6. The number of nitrogen functional groups attached to an aromatic ring is 1. The molecular formula is C13H21N5O2. The largest absolute Gasteiger partial charge is 0.368 e. The topological polar surface area (TPSA) is 98.2 Å². The molecule has 7 heteroatoms. The molecule has 0 bridgehead atoms. The van der Waals surface area contributed by atoms with Crippen LogP contribution in [0.2, 0.25) is 0 Å². The van der Waals surface area contributed by atoms with E-state index in [1.54, 1.807) is 6.92 Å². The van der Waals surface area contributed by atoms with E-state index in [1.165, 1.54) is 32.1 Å². The van der Waals surface area contributed by atoms with E-state index < -0.39 is 4.92 Å². The van der Waals surface area contributed by atoms with Crippen molar-refractivity contribution in [1.82, 2.24) is 9.97 Å². The molecule has 0 amide bonds. The molecule has 0 radical (unpaired) electrons. The zero-order chi connectivity index (χ0) is 14.7. The zero-order valence-corrected chi connectivity index (χ0v) is 12.0. The summed E-state index contributed by atoms with van der Waals surface area (Å²) in [5, 5.41) is 11.2. The second-order valence-corrected chi connectivity index (χ2v) is 5.48. The fourth-order valence-electron chi connectivity index (χ4n) is 2.90. The fraction of sp³-hybridized carbons (Fsp3) is 0.692. The van der Waals surface area contributed by atoms with Gasteiger partial charge in [0.25, 0.3) is 0 Å². The highest BCUT2D eigenvalue weighted by Crippen LogP contribution is 2.31. The molecule has 1 aliphatic carbocycles. The van der Waals surface area contributed by atoms with Gasteiger partial charge in [0.05, 0.1) is 4.92 Å². The van der Waals surface area contributed by atoms with Crippen LogP contribution in [0.5, 0.6) is 0 Å². The molecular weight excluding hydrogens is 258 g/mol. The summed E-state index contributed by atoms with van der Waals surface area (Å²) in [5.74, 6) is 0.981. The van der Waals surface area contributed by atoms with E-state index in [0.717, 1.165) is 6.54 Å². The second-order valence-electron chi connectivity index (χ2n) is 5.48. The third-order valence-corrected chi connectivity index (χ3v) is 3.86. The summed E-state index contributed by atoms with van der Waals surface area (Å²) >= 11 is 0. The van der Waals surface area contributed by atoms with E-state index >= 15 is 0 Å². The van der Waals surface area contributed by atoms with Gasteiger partial charge in [-0.05, 0) is 25.7 Å². The molecule has 20 heavy (non-hydrogen) atoms. The summed E-state index contributed by atoms with van der Waals surface area (Å²) in [4.78, 5) is 20.6. The van der Waals surface area contributed by atoms with Gasteiger partial charge in [0.2, 0.25) is 11.8 Å². The minimum atomic E-state index is -0.429. The number of hydrogen-bond donors (Lipinski definition) is 1. The number of nitrogens with zero attached hydrogens (tertiary/aromatic N) is 4. The number of rotatable bonds is 4. The van der Waals surface area contributed by atoms with E-state index in [4.69, 9.17) is 5.73 Å². The van der Waals surface area contributed by atoms with Crippen LogP contribution < -0.4 is 10.6 Å². The van der Waals surface area contributed by atoms with E-state index in [1.807, 2.05) is 11.9 Å². The maximum atomic E-state index is 11.2. The van der Waals surface area contributed by atoms with Gasteiger partial charge in [-0.3, -0.25) is 10.1 Å². The molecule has 0 aliphatic heterocycles. The Bertz CT molecular complexity index is 500. The van der Waals surface area contributed by atoms with Gasteiger partial charge < -0.3 is 10.6 Å². The maximum Gasteiger partial charge on any atom is 0.332 e. The molecule has 1 fully saturated rings. The lowest BCUT2D eigenvalue weighted by Gasteiger charge is -2.27. The van der Waals surface area contributed by atoms with E-state index in [9.17, 15) is 10.1 Å². The Kier molecular flexibility index (Phi) is 4.36. The summed E-state index contributed by atoms with van der Waals surface area (Å²) < 4.78 is 0. The molecule has 0 saturated heterocycles. The first-order chi connectivity index (χ1) is 9.49. The Morgan fingerprint density at radius 3 is 2.60 bits per heavy atom. The minimum Gasteiger partial charge on any atom is -0.368 e. The molecule has 0 aromatic carbocycles. The summed E-state index contributed by atoms with van der Waals surface area (Å²) in [6, 6.07) is 0. The molecule has 0 atom stereocenters. The van der Waals surface area contributed by atoms with Crippen molar-refractivity contribution in [2.24, 2.45) is 5.92 Å². The van der Waals surface area contributed by atoms with Gasteiger partial charge in [0, 0.05) is 13.6 Å². The van der Waals surface area contributed by atoms with Crippen molar-refractivity contribution in [3.05, 3.63) is 15.8 Å². The Morgan fingerprint density at radius 2 is 2.00 bits per heavy atom. The van der Waals surface area contributed by atoms with Crippen molar-refractivity contribution in [3.63, 3.8) is 0 Å². The number of aromatic nitrogens is 2. The van der Waals surface area contributed by atoms with Crippen LogP contribution in [0, 0.1) is 23.0 Å². The first-order valence-corrected chi connectivity index (χ1v) is 6.98. The lowest BCUT2D eigenvalue weighted by molar-refractivity contribution is -0.385. The summed E-state index contributed by atoms with van der Waals surface area (Å²) in [6.07, 6.45) is 6.13. The normalized spacial score (nSPS) is 16.1. The average Bonchev–Trinajstić information content (AvgIpc) is 2.38. The van der Waals surface area contributed by atoms with E-state index in [0.29, 0.717) is 17.4 Å². The molecule has 7 nitrogen and oxygen atoms in total. The van der Waals surface area contributed by atoms with Gasteiger partial charge in [-0.25, -0.2) is 4.98 Å². The quantitative estimate of drug-likeness (QED) is 0.670. The third-order valence-electron chi connectivity index (χ3n) is 3.86. The van der Waals surface area contributed by atoms with Crippen molar-refractivity contribution >= 4 is 17.5 Å². The Morgan fingerprint density at radius 1 is 1.35 bits per heavy atom. The molecule has 0 spiro atoms. The number of nitro groups is 1. The Hall–Kier alpha value is -1.92. The zero-order valence-electron chi connectivity index (χ0n) is 12.0. The molecule has 1 saturated carbocycles. The van der Waals surface area contributed by atoms with Crippen molar-refractivity contribution in [1.29, 1.82) is 0 Å². The molecule has 1 heterocycles. The maximum absolute atomic E-state index is 11.2. The highest BCUT2D eigenvalue weighted by Gasteiger charge is 2.26. The Labute approximate surface area is 118 Å². The fourth-order valence-corrected chi connectivity index (χ4v) is 2.90. The smallest absolute Gasteiger partial charge is 0.332 e. The summed E-state index contributed by atoms with van der Waals surface area (Å²) in [5.41, 5.74) is 5.90. The summed E-state index contributed by atoms with van der Waals surface area (Å²) in [7, 11) is 1.84. The standard InChI is InChI=1S/C13H21N5O2/c1-9-11(18(19)20)12(16-13(14)15-9)17(2)8-10-6-4-3-5-7-10/h10H,3-8H2,1-2H3,(H2,14,15,16). The van der Waals surface area contributed by atoms with Crippen molar-refractivity contribution in [2.45, 2.75) is 39.0 Å². The van der Waals surface area contributed by atoms with Gasteiger partial charge in [-0.1, -0.05) is 19.3 Å². The van der Waals surface area contributed by atoms with Crippen LogP contribution >= 0.6 is 0 Å². The lowest BCUT2D eigenvalue weighted by Crippen LogP contribution is -2.28. The van der Waals surface area contributed by atoms with Crippen LogP contribution in [0.25, 0.3) is 0 Å². The van der Waals surface area contributed by atoms with Gasteiger partial charge in [-0.15, -0.1) is 0 Å². The first kappa shape index (κ1) is 14.5. The van der Waals surface area contributed by atoms with Crippen LogP contribution in [-0.4, -0.2) is 28.5 Å². The van der Waals surface area contributed by atoms with E-state index in [-0.39, 0.29) is 11.6 Å². The van der Waals surface area contributed by atoms with Crippen molar-refractivity contribution < 1.29 is 4.92 Å². The van der Waals surface area contributed by atoms with Gasteiger partial charge in [0.15, 0.2) is 0 Å². The molecule has 0 unspecified atom stereocenters. The molecule has 110 valence electrons. The first-order valence-electron chi connectivity index (χ1n) is 6.98. The Balaban J connectivity index is 2.23. The second kappa shape index (κ2) is 6.02. The number of anilines is 2. The molecule has 2 rings (SSSR count). The minimum absolute atomic E-state index is 0.0440. The number of hydrogen-bond acceptors (Lipinski definition) is 6. The van der Waals surface area contributed by atoms with Gasteiger partial charge in [-0.2, -0.15) is 4.98 Å². The summed E-state index contributed by atoms with van der Waals surface area (Å²) in [6.45, 7) is 2.37.